The summed E-state index contributed by atoms with van der Waals surface area (Å²) in [5, 5.41) is 3.43. The monoisotopic (exact) mass is 209 g/mol. The van der Waals surface area contributed by atoms with E-state index >= 15 is 0 Å². The van der Waals surface area contributed by atoms with Gasteiger partial charge in [0.1, 0.15) is 4.33 Å². The topological polar surface area (TPSA) is 12.0 Å². The Morgan fingerprint density at radius 1 is 1.58 bits per heavy atom. The van der Waals surface area contributed by atoms with E-state index in [4.69, 9.17) is 23.2 Å². The van der Waals surface area contributed by atoms with E-state index < -0.39 is 4.33 Å². The van der Waals surface area contributed by atoms with Crippen molar-refractivity contribution in [1.29, 1.82) is 0 Å². The van der Waals surface area contributed by atoms with Crippen LogP contribution in [-0.2, 0) is 0 Å². The Hall–Kier alpha value is 0.540. The molecule has 1 fully saturated rings. The van der Waals surface area contributed by atoms with Crippen LogP contribution in [0.2, 0.25) is 0 Å². The SMILES string of the molecule is CCCCN[C@@H](C)[C@@H]1CC1(Cl)Cl. The lowest BCUT2D eigenvalue weighted by molar-refractivity contribution is 0.485. The van der Waals surface area contributed by atoms with E-state index in [1.54, 1.807) is 0 Å². The maximum Gasteiger partial charge on any atom is 0.123 e. The Bertz CT molecular complexity index is 147. The van der Waals surface area contributed by atoms with Gasteiger partial charge in [-0.3, -0.25) is 0 Å². The number of rotatable bonds is 5. The van der Waals surface area contributed by atoms with E-state index in [9.17, 15) is 0 Å². The van der Waals surface area contributed by atoms with Gasteiger partial charge in [0.2, 0.25) is 0 Å². The van der Waals surface area contributed by atoms with Crippen LogP contribution < -0.4 is 5.32 Å². The van der Waals surface area contributed by atoms with Gasteiger partial charge in [-0.2, -0.15) is 0 Å². The maximum atomic E-state index is 5.94. The molecule has 0 amide bonds. The third kappa shape index (κ3) is 2.79. The standard InChI is InChI=1S/C9H17Cl2N/c1-3-4-5-12-7(2)8-6-9(8,10)11/h7-8,12H,3-6H2,1-2H3/t7-,8-/m0/s1. The molecule has 0 radical (unpaired) electrons. The molecule has 1 aliphatic rings. The molecule has 1 saturated carbocycles. The molecule has 0 spiro atoms. The van der Waals surface area contributed by atoms with Crippen molar-refractivity contribution >= 4 is 23.2 Å². The van der Waals surface area contributed by atoms with E-state index in [0.717, 1.165) is 13.0 Å². The number of halogens is 2. The molecule has 2 atom stereocenters. The maximum absolute atomic E-state index is 5.94. The van der Waals surface area contributed by atoms with Crippen molar-refractivity contribution in [1.82, 2.24) is 5.32 Å². The minimum atomic E-state index is -0.432. The largest absolute Gasteiger partial charge is 0.314 e. The van der Waals surface area contributed by atoms with Gasteiger partial charge < -0.3 is 5.32 Å². The Morgan fingerprint density at radius 3 is 2.58 bits per heavy atom. The van der Waals surface area contributed by atoms with Crippen molar-refractivity contribution in [2.24, 2.45) is 5.92 Å². The summed E-state index contributed by atoms with van der Waals surface area (Å²) in [5.74, 6) is 0.456. The second-order valence-electron chi connectivity index (χ2n) is 3.67. The zero-order valence-electron chi connectivity index (χ0n) is 7.74. The quantitative estimate of drug-likeness (QED) is 0.543. The molecule has 12 heavy (non-hydrogen) atoms. The highest BCUT2D eigenvalue weighted by atomic mass is 35.5. The van der Waals surface area contributed by atoms with Crippen molar-refractivity contribution in [2.75, 3.05) is 6.54 Å². The smallest absolute Gasteiger partial charge is 0.123 e. The fourth-order valence-corrected chi connectivity index (χ4v) is 2.14. The molecular weight excluding hydrogens is 193 g/mol. The first-order chi connectivity index (χ1) is 5.58. The van der Waals surface area contributed by atoms with Crippen molar-refractivity contribution in [3.8, 4) is 0 Å². The minimum Gasteiger partial charge on any atom is -0.314 e. The first kappa shape index (κ1) is 10.6. The van der Waals surface area contributed by atoms with Crippen LogP contribution in [0.1, 0.15) is 33.1 Å². The van der Waals surface area contributed by atoms with E-state index in [0.29, 0.717) is 12.0 Å². The first-order valence-corrected chi connectivity index (χ1v) is 5.44. The van der Waals surface area contributed by atoms with Crippen LogP contribution >= 0.6 is 23.2 Å². The summed E-state index contributed by atoms with van der Waals surface area (Å²) in [6.07, 6.45) is 3.41. The van der Waals surface area contributed by atoms with Gasteiger partial charge in [-0.05, 0) is 26.3 Å². The molecule has 0 bridgehead atoms. The van der Waals surface area contributed by atoms with Crippen LogP contribution in [0.15, 0.2) is 0 Å². The number of nitrogens with one attached hydrogen (secondary N) is 1. The molecule has 0 aromatic carbocycles. The number of hydrogen-bond donors (Lipinski definition) is 1. The van der Waals surface area contributed by atoms with Crippen LogP contribution in [0.4, 0.5) is 0 Å². The van der Waals surface area contributed by atoms with Gasteiger partial charge in [0.25, 0.3) is 0 Å². The van der Waals surface area contributed by atoms with E-state index in [1.165, 1.54) is 12.8 Å². The predicted molar refractivity (Wildman–Crippen MR) is 54.9 cm³/mol. The Morgan fingerprint density at radius 2 is 2.17 bits per heavy atom. The molecule has 0 aromatic heterocycles. The number of hydrogen-bond acceptors (Lipinski definition) is 1. The minimum absolute atomic E-state index is 0.432. The average Bonchev–Trinajstić information content (AvgIpc) is 2.60. The van der Waals surface area contributed by atoms with E-state index in [2.05, 4.69) is 19.2 Å². The van der Waals surface area contributed by atoms with Crippen molar-refractivity contribution in [2.45, 2.75) is 43.5 Å². The number of unbranched alkanes of at least 4 members (excludes halogenated alkanes) is 1. The summed E-state index contributed by atoms with van der Waals surface area (Å²) >= 11 is 11.9. The highest BCUT2D eigenvalue weighted by Crippen LogP contribution is 2.54. The zero-order chi connectivity index (χ0) is 9.19. The molecule has 1 rings (SSSR count). The highest BCUT2D eigenvalue weighted by Gasteiger charge is 2.54. The molecule has 0 aromatic rings. The molecule has 3 heteroatoms. The summed E-state index contributed by atoms with van der Waals surface area (Å²) in [4.78, 5) is 0. The van der Waals surface area contributed by atoms with Crippen LogP contribution in [0.3, 0.4) is 0 Å². The lowest BCUT2D eigenvalue weighted by Crippen LogP contribution is -2.30. The summed E-state index contributed by atoms with van der Waals surface area (Å²) < 4.78 is -0.432. The molecular formula is C9H17Cl2N. The van der Waals surface area contributed by atoms with Crippen LogP contribution in [0, 0.1) is 5.92 Å². The Kier molecular flexibility index (Phi) is 3.69. The summed E-state index contributed by atoms with van der Waals surface area (Å²) in [5.41, 5.74) is 0. The second kappa shape index (κ2) is 4.17. The fraction of sp³-hybridized carbons (Fsp3) is 1.00. The average molecular weight is 210 g/mol. The van der Waals surface area contributed by atoms with Gasteiger partial charge in [0.05, 0.1) is 0 Å². The molecule has 0 saturated heterocycles. The fourth-order valence-electron chi connectivity index (χ4n) is 1.43. The van der Waals surface area contributed by atoms with Crippen LogP contribution in [0.25, 0.3) is 0 Å². The molecule has 1 nitrogen and oxygen atoms in total. The zero-order valence-corrected chi connectivity index (χ0v) is 9.25. The predicted octanol–water partition coefficient (Wildman–Crippen LogP) is 2.96. The molecule has 1 aliphatic carbocycles. The second-order valence-corrected chi connectivity index (χ2v) is 5.21. The lowest BCUT2D eigenvalue weighted by atomic mass is 10.2. The van der Waals surface area contributed by atoms with Crippen molar-refractivity contribution < 1.29 is 0 Å². The van der Waals surface area contributed by atoms with Crippen LogP contribution in [-0.4, -0.2) is 16.9 Å². The Balaban J connectivity index is 2.09. The summed E-state index contributed by atoms with van der Waals surface area (Å²) in [7, 11) is 0. The summed E-state index contributed by atoms with van der Waals surface area (Å²) in [6.45, 7) is 5.43. The van der Waals surface area contributed by atoms with Gasteiger partial charge in [-0.25, -0.2) is 0 Å². The lowest BCUT2D eigenvalue weighted by Gasteiger charge is -2.13. The molecule has 1 N–H and O–H groups in total. The molecule has 0 heterocycles. The Labute approximate surface area is 84.8 Å². The highest BCUT2D eigenvalue weighted by molar-refractivity contribution is 6.50. The van der Waals surface area contributed by atoms with Gasteiger partial charge in [-0.15, -0.1) is 23.2 Å². The van der Waals surface area contributed by atoms with Gasteiger partial charge in [0, 0.05) is 12.0 Å². The van der Waals surface area contributed by atoms with Gasteiger partial charge in [0.15, 0.2) is 0 Å². The third-order valence-electron chi connectivity index (χ3n) is 2.47. The van der Waals surface area contributed by atoms with Crippen LogP contribution in [0.5, 0.6) is 0 Å². The first-order valence-electron chi connectivity index (χ1n) is 4.69. The van der Waals surface area contributed by atoms with E-state index in [1.807, 2.05) is 0 Å². The summed E-state index contributed by atoms with van der Waals surface area (Å²) in [6, 6.07) is 0.464. The van der Waals surface area contributed by atoms with Gasteiger partial charge >= 0.3 is 0 Å². The molecule has 72 valence electrons. The normalized spacial score (nSPS) is 28.5. The number of alkyl halides is 2. The molecule has 0 aliphatic heterocycles. The van der Waals surface area contributed by atoms with Crippen molar-refractivity contribution in [3.05, 3.63) is 0 Å². The third-order valence-corrected chi connectivity index (χ3v) is 3.34. The van der Waals surface area contributed by atoms with Gasteiger partial charge in [-0.1, -0.05) is 13.3 Å². The molecule has 0 unspecified atom stereocenters. The van der Waals surface area contributed by atoms with Crippen molar-refractivity contribution in [3.63, 3.8) is 0 Å². The van der Waals surface area contributed by atoms with E-state index in [-0.39, 0.29) is 0 Å².